The number of aromatic nitrogens is 7. The standard InChI is InChI=1S/C20H17Cl2N9O2.2C2H6/c1-20(2)5-10(11-7-24-15-4-14(22)29-30(15)16(11)20)19(33)27-9-3-12(21)18(25-6-9)31-26-8-13(28-31)17(23)32;2*1-2/h3-4,6-8,10H,5H2,1-2H3,(H2,23,32)(H,27,33);2*1-2H3. The van der Waals surface area contributed by atoms with Crippen LogP contribution in [0.2, 0.25) is 10.2 Å². The largest absolute Gasteiger partial charge is 0.364 e. The van der Waals surface area contributed by atoms with Crippen molar-refractivity contribution < 1.29 is 9.59 Å². The maximum atomic E-state index is 13.2. The topological polar surface area (TPSA) is 146 Å². The lowest BCUT2D eigenvalue weighted by atomic mass is 9.88. The Morgan fingerprint density at radius 2 is 1.76 bits per heavy atom. The summed E-state index contributed by atoms with van der Waals surface area (Å²) in [5, 5.41) is 15.6. The van der Waals surface area contributed by atoms with Gasteiger partial charge in [-0.05, 0) is 12.5 Å². The molecule has 4 heterocycles. The van der Waals surface area contributed by atoms with Gasteiger partial charge >= 0.3 is 0 Å². The van der Waals surface area contributed by atoms with Crippen molar-refractivity contribution in [2.45, 2.75) is 59.3 Å². The molecule has 196 valence electrons. The Bertz CT molecular complexity index is 1450. The van der Waals surface area contributed by atoms with E-state index in [-0.39, 0.29) is 27.9 Å². The molecule has 0 spiro atoms. The first-order valence-corrected chi connectivity index (χ1v) is 12.6. The molecule has 5 rings (SSSR count). The molecule has 1 atom stereocenters. The number of primary amides is 1. The second-order valence-corrected chi connectivity index (χ2v) is 9.14. The van der Waals surface area contributed by atoms with E-state index in [0.29, 0.717) is 22.9 Å². The van der Waals surface area contributed by atoms with E-state index in [1.165, 1.54) is 18.5 Å². The van der Waals surface area contributed by atoms with Crippen LogP contribution in [0.3, 0.4) is 0 Å². The maximum Gasteiger partial charge on any atom is 0.270 e. The number of carbonyl (C=O) groups excluding carboxylic acids is 2. The highest BCUT2D eigenvalue weighted by atomic mass is 35.5. The Morgan fingerprint density at radius 1 is 1.05 bits per heavy atom. The van der Waals surface area contributed by atoms with Gasteiger partial charge in [-0.1, -0.05) is 64.7 Å². The molecule has 0 bridgehead atoms. The van der Waals surface area contributed by atoms with E-state index >= 15 is 0 Å². The number of rotatable bonds is 4. The molecular formula is C24H29Cl2N9O2. The molecule has 0 saturated heterocycles. The van der Waals surface area contributed by atoms with Crippen molar-refractivity contribution in [3.63, 3.8) is 0 Å². The lowest BCUT2D eigenvalue weighted by Gasteiger charge is -2.19. The van der Waals surface area contributed by atoms with Gasteiger partial charge in [0.05, 0.1) is 34.7 Å². The first-order valence-electron chi connectivity index (χ1n) is 11.9. The molecule has 37 heavy (non-hydrogen) atoms. The lowest BCUT2D eigenvalue weighted by molar-refractivity contribution is -0.117. The van der Waals surface area contributed by atoms with Crippen LogP contribution in [-0.2, 0) is 10.2 Å². The van der Waals surface area contributed by atoms with Gasteiger partial charge in [0, 0.05) is 23.2 Å². The molecule has 0 aliphatic heterocycles. The Balaban J connectivity index is 0.000000907. The maximum absolute atomic E-state index is 13.2. The molecule has 0 aromatic carbocycles. The highest BCUT2D eigenvalue weighted by Crippen LogP contribution is 2.46. The van der Waals surface area contributed by atoms with Crippen molar-refractivity contribution in [1.29, 1.82) is 0 Å². The van der Waals surface area contributed by atoms with E-state index in [2.05, 4.69) is 44.4 Å². The number of amides is 2. The molecule has 3 N–H and O–H groups in total. The van der Waals surface area contributed by atoms with Crippen LogP contribution in [0.1, 0.15) is 75.6 Å². The summed E-state index contributed by atoms with van der Waals surface area (Å²) >= 11 is 12.4. The summed E-state index contributed by atoms with van der Waals surface area (Å²) in [5.74, 6) is -1.19. The van der Waals surface area contributed by atoms with E-state index < -0.39 is 11.8 Å². The third-order valence-corrected chi connectivity index (χ3v) is 6.02. The average Bonchev–Trinajstić information content (AvgIpc) is 3.57. The van der Waals surface area contributed by atoms with Crippen molar-refractivity contribution in [1.82, 2.24) is 34.6 Å². The zero-order valence-electron chi connectivity index (χ0n) is 21.5. The van der Waals surface area contributed by atoms with Crippen molar-refractivity contribution in [3.8, 4) is 5.82 Å². The van der Waals surface area contributed by atoms with E-state index in [1.807, 2.05) is 27.7 Å². The Morgan fingerprint density at radius 3 is 2.38 bits per heavy atom. The second-order valence-electron chi connectivity index (χ2n) is 8.34. The van der Waals surface area contributed by atoms with Gasteiger partial charge in [-0.25, -0.2) is 14.5 Å². The van der Waals surface area contributed by atoms with Crippen LogP contribution >= 0.6 is 23.2 Å². The van der Waals surface area contributed by atoms with Crippen LogP contribution in [-0.4, -0.2) is 46.4 Å². The number of pyridine rings is 1. The molecule has 1 unspecified atom stereocenters. The number of halogens is 2. The number of nitrogens with two attached hydrogens (primary N) is 1. The molecule has 0 saturated carbocycles. The molecule has 0 fully saturated rings. The Kier molecular flexibility index (Phi) is 8.49. The molecule has 2 amide bonds. The molecule has 0 radical (unpaired) electrons. The van der Waals surface area contributed by atoms with Crippen molar-refractivity contribution in [2.24, 2.45) is 5.73 Å². The lowest BCUT2D eigenvalue weighted by Crippen LogP contribution is -2.22. The van der Waals surface area contributed by atoms with E-state index in [0.717, 1.165) is 16.1 Å². The van der Waals surface area contributed by atoms with Gasteiger partial charge < -0.3 is 11.1 Å². The summed E-state index contributed by atoms with van der Waals surface area (Å²) in [4.78, 5) is 34.1. The number of nitrogens with one attached hydrogen (secondary N) is 1. The van der Waals surface area contributed by atoms with Crippen LogP contribution in [0.5, 0.6) is 0 Å². The predicted molar refractivity (Wildman–Crippen MR) is 142 cm³/mol. The third kappa shape index (κ3) is 5.42. The average molecular weight is 546 g/mol. The molecule has 4 aromatic heterocycles. The summed E-state index contributed by atoms with van der Waals surface area (Å²) in [7, 11) is 0. The smallest absolute Gasteiger partial charge is 0.270 e. The van der Waals surface area contributed by atoms with Gasteiger partial charge in [-0.2, -0.15) is 10.2 Å². The van der Waals surface area contributed by atoms with Crippen LogP contribution in [0.25, 0.3) is 11.5 Å². The highest BCUT2D eigenvalue weighted by Gasteiger charge is 2.43. The number of fused-ring (bicyclic) bond motifs is 3. The summed E-state index contributed by atoms with van der Waals surface area (Å²) in [6, 6.07) is 3.21. The van der Waals surface area contributed by atoms with Gasteiger partial charge in [0.2, 0.25) is 5.91 Å². The number of hydrogen-bond donors (Lipinski definition) is 2. The first-order chi connectivity index (χ1) is 17.6. The van der Waals surface area contributed by atoms with Gasteiger partial charge in [-0.3, -0.25) is 9.59 Å². The number of hydrogen-bond acceptors (Lipinski definition) is 7. The molecular weight excluding hydrogens is 517 g/mol. The fourth-order valence-electron chi connectivity index (χ4n) is 4.16. The first kappa shape index (κ1) is 28.0. The molecule has 1 aliphatic carbocycles. The van der Waals surface area contributed by atoms with E-state index in [9.17, 15) is 9.59 Å². The third-order valence-electron chi connectivity index (χ3n) is 5.55. The van der Waals surface area contributed by atoms with Crippen LogP contribution in [0.4, 0.5) is 5.69 Å². The summed E-state index contributed by atoms with van der Waals surface area (Å²) in [5.41, 5.74) is 7.58. The van der Waals surface area contributed by atoms with Gasteiger partial charge in [-0.15, -0.1) is 9.90 Å². The number of nitrogens with zero attached hydrogens (tertiary/aromatic N) is 7. The highest BCUT2D eigenvalue weighted by molar-refractivity contribution is 6.32. The van der Waals surface area contributed by atoms with Crippen LogP contribution < -0.4 is 11.1 Å². The quantitative estimate of drug-likeness (QED) is 0.381. The van der Waals surface area contributed by atoms with E-state index in [4.69, 9.17) is 28.9 Å². The SMILES string of the molecule is CC.CC.CC1(C)CC(C(=O)Nc2cnc(-n3ncc(C(N)=O)n3)c(Cl)c2)c2cnc3cc(Cl)nn3c21. The fraction of sp³-hybridized carbons (Fsp3) is 0.375. The molecule has 1 aliphatic rings. The van der Waals surface area contributed by atoms with Crippen molar-refractivity contribution in [3.05, 3.63) is 57.9 Å². The minimum atomic E-state index is -0.717. The van der Waals surface area contributed by atoms with Crippen molar-refractivity contribution >= 4 is 46.4 Å². The normalized spacial score (nSPS) is 15.2. The summed E-state index contributed by atoms with van der Waals surface area (Å²) in [6.45, 7) is 12.1. The van der Waals surface area contributed by atoms with Crippen LogP contribution in [0, 0.1) is 0 Å². The summed E-state index contributed by atoms with van der Waals surface area (Å²) in [6.07, 6.45) is 4.92. The number of carbonyl (C=O) groups is 2. The minimum absolute atomic E-state index is 0.0195. The summed E-state index contributed by atoms with van der Waals surface area (Å²) < 4.78 is 1.70. The van der Waals surface area contributed by atoms with Gasteiger partial charge in [0.25, 0.3) is 5.91 Å². The monoisotopic (exact) mass is 545 g/mol. The van der Waals surface area contributed by atoms with E-state index in [1.54, 1.807) is 16.8 Å². The minimum Gasteiger partial charge on any atom is -0.364 e. The Labute approximate surface area is 224 Å². The van der Waals surface area contributed by atoms with Crippen molar-refractivity contribution in [2.75, 3.05) is 5.32 Å². The molecule has 11 nitrogen and oxygen atoms in total. The van der Waals surface area contributed by atoms with Crippen LogP contribution in [0.15, 0.2) is 30.7 Å². The molecule has 4 aromatic rings. The van der Waals surface area contributed by atoms with Gasteiger partial charge in [0.15, 0.2) is 22.3 Å². The van der Waals surface area contributed by atoms with Gasteiger partial charge in [0.1, 0.15) is 0 Å². The zero-order valence-corrected chi connectivity index (χ0v) is 23.0. The Hall–Kier alpha value is -3.57. The fourth-order valence-corrected chi connectivity index (χ4v) is 4.57. The molecule has 13 heteroatoms. The zero-order chi connectivity index (χ0) is 27.5. The predicted octanol–water partition coefficient (Wildman–Crippen LogP) is 4.57. The second kappa shape index (κ2) is 11.2. The number of anilines is 1.